The number of aldehydes is 1. The first kappa shape index (κ1) is 18.6. The quantitative estimate of drug-likeness (QED) is 0.493. The lowest BCUT2D eigenvalue weighted by molar-refractivity contribution is -0.107. The molecule has 18 heavy (non-hydrogen) atoms. The lowest BCUT2D eigenvalue weighted by atomic mass is 10.1. The van der Waals surface area contributed by atoms with Crippen molar-refractivity contribution in [3.05, 3.63) is 35.1 Å². The molecule has 0 atom stereocenters. The van der Waals surface area contributed by atoms with E-state index in [-0.39, 0.29) is 12.2 Å². The van der Waals surface area contributed by atoms with Crippen LogP contribution in [0.3, 0.4) is 0 Å². The van der Waals surface area contributed by atoms with E-state index in [1.807, 2.05) is 0 Å². The topological polar surface area (TPSA) is 55.1 Å². The molecule has 0 fully saturated rings. The Morgan fingerprint density at radius 1 is 1.56 bits per heavy atom. The number of thiocarbonyl (C=S) groups is 1. The van der Waals surface area contributed by atoms with Gasteiger partial charge in [0.25, 0.3) is 0 Å². The first-order valence-electron chi connectivity index (χ1n) is 5.06. The van der Waals surface area contributed by atoms with Crippen LogP contribution in [0.1, 0.15) is 11.1 Å². The van der Waals surface area contributed by atoms with Crippen molar-refractivity contribution < 1.29 is 9.18 Å². The van der Waals surface area contributed by atoms with E-state index in [4.69, 9.17) is 6.42 Å². The predicted molar refractivity (Wildman–Crippen MR) is 76.9 cm³/mol. The van der Waals surface area contributed by atoms with Gasteiger partial charge in [0, 0.05) is 19.0 Å². The number of rotatable bonds is 3. The highest BCUT2D eigenvalue weighted by Gasteiger charge is 2.00. The van der Waals surface area contributed by atoms with Gasteiger partial charge in [0.1, 0.15) is 12.1 Å². The van der Waals surface area contributed by atoms with E-state index in [0.717, 1.165) is 6.29 Å². The Labute approximate surface area is 113 Å². The summed E-state index contributed by atoms with van der Waals surface area (Å²) in [4.78, 5) is 10.2. The molecule has 0 aliphatic heterocycles. The molecule has 0 aliphatic rings. The summed E-state index contributed by atoms with van der Waals surface area (Å²) in [5, 5.41) is 2.62. The van der Waals surface area contributed by atoms with Crippen molar-refractivity contribution in [2.45, 2.75) is 6.42 Å². The maximum atomic E-state index is 12.6. The van der Waals surface area contributed by atoms with Crippen LogP contribution in [0.25, 0.3) is 0 Å². The number of hydrogen-bond acceptors (Lipinski definition) is 3. The minimum Gasteiger partial charge on any atom is -0.385 e. The van der Waals surface area contributed by atoms with Crippen molar-refractivity contribution in [2.75, 3.05) is 14.1 Å². The smallest absolute Gasteiger partial charge is 0.124 e. The Hall–Kier alpha value is -1.77. The Kier molecular flexibility index (Phi) is 13.7. The maximum Gasteiger partial charge on any atom is 0.124 e. The van der Waals surface area contributed by atoms with E-state index in [1.165, 1.54) is 30.7 Å². The van der Waals surface area contributed by atoms with Gasteiger partial charge in [0.15, 0.2) is 0 Å². The summed E-state index contributed by atoms with van der Waals surface area (Å²) >= 11 is 4.32. The molecule has 0 heterocycles. The molecule has 0 amide bonds. The highest BCUT2D eigenvalue weighted by molar-refractivity contribution is 7.78. The molecule has 0 saturated carbocycles. The SMILES string of the molecule is C#Cc1cc(F)ccc1CC=O.CN.CNC=S. The predicted octanol–water partition coefficient (Wildman–Crippen LogP) is 1.29. The number of terminal acetylenes is 1. The van der Waals surface area contributed by atoms with Gasteiger partial charge < -0.3 is 15.8 Å². The van der Waals surface area contributed by atoms with Crippen LogP contribution in [0.15, 0.2) is 18.2 Å². The molecule has 3 nitrogen and oxygen atoms in total. The van der Waals surface area contributed by atoms with Crippen molar-refractivity contribution in [3.8, 4) is 12.3 Å². The average molecular weight is 268 g/mol. The molecular weight excluding hydrogens is 251 g/mol. The second kappa shape index (κ2) is 13.3. The minimum atomic E-state index is -0.377. The van der Waals surface area contributed by atoms with Crippen LogP contribution < -0.4 is 11.1 Å². The molecule has 3 N–H and O–H groups in total. The van der Waals surface area contributed by atoms with E-state index < -0.39 is 0 Å². The molecule has 1 aromatic rings. The minimum absolute atomic E-state index is 0.236. The standard InChI is InChI=1S/C10H7FO.C2H5NS.CH5N/c1-2-8-7-10(11)4-3-9(8)5-6-12;1-3-2-4;1-2/h1,3-4,6-7H,5H2;2H,1H3,(H,3,4);2H2,1H3. The van der Waals surface area contributed by atoms with Gasteiger partial charge in [0.05, 0.1) is 5.49 Å². The van der Waals surface area contributed by atoms with Gasteiger partial charge in [-0.1, -0.05) is 24.2 Å². The molecule has 1 rings (SSSR count). The monoisotopic (exact) mass is 268 g/mol. The average Bonchev–Trinajstić information content (AvgIpc) is 2.43. The first-order valence-corrected chi connectivity index (χ1v) is 5.54. The third-order valence-electron chi connectivity index (χ3n) is 1.65. The third kappa shape index (κ3) is 8.39. The van der Waals surface area contributed by atoms with Crippen LogP contribution in [-0.2, 0) is 11.2 Å². The van der Waals surface area contributed by atoms with Crippen LogP contribution in [0.4, 0.5) is 4.39 Å². The molecule has 5 heteroatoms. The molecule has 0 saturated heterocycles. The largest absolute Gasteiger partial charge is 0.385 e. The zero-order valence-electron chi connectivity index (χ0n) is 10.4. The molecule has 1 aromatic carbocycles. The van der Waals surface area contributed by atoms with Gasteiger partial charge in [-0.25, -0.2) is 4.39 Å². The number of carbonyl (C=O) groups excluding carboxylic acids is 1. The third-order valence-corrected chi connectivity index (χ3v) is 1.88. The van der Waals surface area contributed by atoms with Gasteiger partial charge in [-0.05, 0) is 24.7 Å². The molecule has 0 spiro atoms. The second-order valence-electron chi connectivity index (χ2n) is 2.72. The number of nitrogens with one attached hydrogen (secondary N) is 1. The van der Waals surface area contributed by atoms with Gasteiger partial charge in [-0.2, -0.15) is 0 Å². The number of hydrogen-bond donors (Lipinski definition) is 2. The summed E-state index contributed by atoms with van der Waals surface area (Å²) in [5.74, 6) is 1.95. The maximum absolute atomic E-state index is 12.6. The van der Waals surface area contributed by atoms with Crippen molar-refractivity contribution in [1.29, 1.82) is 0 Å². The van der Waals surface area contributed by atoms with E-state index in [0.29, 0.717) is 11.1 Å². The van der Waals surface area contributed by atoms with E-state index in [9.17, 15) is 9.18 Å². The summed E-state index contributed by atoms with van der Waals surface area (Å²) in [6.45, 7) is 0. The number of halogens is 1. The number of benzene rings is 1. The zero-order chi connectivity index (χ0) is 14.4. The molecule has 0 radical (unpaired) electrons. The lowest BCUT2D eigenvalue weighted by Gasteiger charge is -1.99. The van der Waals surface area contributed by atoms with Crippen molar-refractivity contribution in [2.24, 2.45) is 5.73 Å². The number of carbonyl (C=O) groups is 1. The first-order chi connectivity index (χ1) is 8.69. The van der Waals surface area contributed by atoms with Crippen LogP contribution in [0.5, 0.6) is 0 Å². The molecule has 98 valence electrons. The fourth-order valence-corrected chi connectivity index (χ4v) is 0.951. The van der Waals surface area contributed by atoms with Crippen LogP contribution in [-0.4, -0.2) is 25.9 Å². The van der Waals surface area contributed by atoms with Gasteiger partial charge >= 0.3 is 0 Å². The van der Waals surface area contributed by atoms with Crippen molar-refractivity contribution >= 4 is 24.0 Å². The summed E-state index contributed by atoms with van der Waals surface area (Å²) in [6.07, 6.45) is 6.10. The van der Waals surface area contributed by atoms with Gasteiger partial charge in [0.2, 0.25) is 0 Å². The van der Waals surface area contributed by atoms with Crippen molar-refractivity contribution in [3.63, 3.8) is 0 Å². The van der Waals surface area contributed by atoms with Crippen LogP contribution in [0, 0.1) is 18.2 Å². The highest BCUT2D eigenvalue weighted by Crippen LogP contribution is 2.09. The Morgan fingerprint density at radius 2 is 2.11 bits per heavy atom. The normalized spacial score (nSPS) is 7.50. The summed E-state index contributed by atoms with van der Waals surface area (Å²) < 4.78 is 12.6. The Balaban J connectivity index is 0. The second-order valence-corrected chi connectivity index (χ2v) is 2.96. The molecule has 0 aliphatic carbocycles. The number of nitrogens with two attached hydrogens (primary N) is 1. The van der Waals surface area contributed by atoms with Crippen LogP contribution in [0.2, 0.25) is 0 Å². The van der Waals surface area contributed by atoms with E-state index in [1.54, 1.807) is 7.05 Å². The fourth-order valence-electron chi connectivity index (χ4n) is 0.951. The summed E-state index contributed by atoms with van der Waals surface area (Å²) in [5.41, 5.74) is 7.09. The van der Waals surface area contributed by atoms with Gasteiger partial charge in [-0.3, -0.25) is 0 Å². The molecular formula is C13H17FN2OS. The Bertz CT molecular complexity index is 402. The summed E-state index contributed by atoms with van der Waals surface area (Å²) in [6, 6.07) is 4.07. The summed E-state index contributed by atoms with van der Waals surface area (Å²) in [7, 11) is 3.27. The molecule has 0 aromatic heterocycles. The fraction of sp³-hybridized carbons (Fsp3) is 0.231. The lowest BCUT2D eigenvalue weighted by Crippen LogP contribution is -1.95. The van der Waals surface area contributed by atoms with Crippen LogP contribution >= 0.6 is 12.2 Å². The Morgan fingerprint density at radius 3 is 2.50 bits per heavy atom. The van der Waals surface area contributed by atoms with E-state index >= 15 is 0 Å². The van der Waals surface area contributed by atoms with E-state index in [2.05, 4.69) is 29.2 Å². The zero-order valence-corrected chi connectivity index (χ0v) is 11.3. The molecule has 0 unspecified atom stereocenters. The molecule has 0 bridgehead atoms. The van der Waals surface area contributed by atoms with Crippen molar-refractivity contribution in [1.82, 2.24) is 5.32 Å². The van der Waals surface area contributed by atoms with Gasteiger partial charge in [-0.15, -0.1) is 6.42 Å². The highest BCUT2D eigenvalue weighted by atomic mass is 32.1.